The third kappa shape index (κ3) is 3.46. The fourth-order valence-corrected chi connectivity index (χ4v) is 2.09. The quantitative estimate of drug-likeness (QED) is 0.762. The minimum absolute atomic E-state index is 0.0923. The van der Waals surface area contributed by atoms with E-state index < -0.39 is 0 Å². The Bertz CT molecular complexity index is 240. The molecular weight excluding hydrogens is 202 g/mol. The standard InChI is InChI=1S/C12H25N3O/c1-9(2)14(4)7-11-5-6-15(8-11)12(16)10(3)13/h9-11H,5-8,13H2,1-4H3/t10-,11-/m0/s1. The van der Waals surface area contributed by atoms with Crippen LogP contribution in [0.4, 0.5) is 0 Å². The highest BCUT2D eigenvalue weighted by Crippen LogP contribution is 2.18. The van der Waals surface area contributed by atoms with Gasteiger partial charge in [0.2, 0.25) is 5.91 Å². The lowest BCUT2D eigenvalue weighted by Crippen LogP contribution is -2.41. The summed E-state index contributed by atoms with van der Waals surface area (Å²) in [6, 6.07) is 0.208. The average molecular weight is 227 g/mol. The number of hydrogen-bond acceptors (Lipinski definition) is 3. The Morgan fingerprint density at radius 1 is 1.50 bits per heavy atom. The van der Waals surface area contributed by atoms with E-state index in [1.165, 1.54) is 0 Å². The zero-order valence-electron chi connectivity index (χ0n) is 10.9. The molecule has 4 heteroatoms. The Labute approximate surface area is 98.8 Å². The summed E-state index contributed by atoms with van der Waals surface area (Å²) < 4.78 is 0. The molecule has 2 N–H and O–H groups in total. The molecular formula is C12H25N3O. The fourth-order valence-electron chi connectivity index (χ4n) is 2.09. The largest absolute Gasteiger partial charge is 0.341 e. The Morgan fingerprint density at radius 2 is 2.12 bits per heavy atom. The molecule has 0 aromatic heterocycles. The first kappa shape index (κ1) is 13.5. The van der Waals surface area contributed by atoms with Crippen LogP contribution in [0.1, 0.15) is 27.2 Å². The molecule has 0 unspecified atom stereocenters. The number of amides is 1. The van der Waals surface area contributed by atoms with E-state index in [4.69, 9.17) is 5.73 Å². The first-order valence-electron chi connectivity index (χ1n) is 6.16. The van der Waals surface area contributed by atoms with Crippen molar-refractivity contribution in [2.24, 2.45) is 11.7 Å². The number of nitrogens with two attached hydrogens (primary N) is 1. The molecule has 0 radical (unpaired) electrons. The van der Waals surface area contributed by atoms with Gasteiger partial charge in [-0.15, -0.1) is 0 Å². The number of carbonyl (C=O) groups excluding carboxylic acids is 1. The first-order valence-corrected chi connectivity index (χ1v) is 6.16. The number of nitrogens with zero attached hydrogens (tertiary/aromatic N) is 2. The predicted molar refractivity (Wildman–Crippen MR) is 66.1 cm³/mol. The van der Waals surface area contributed by atoms with Gasteiger partial charge in [0.25, 0.3) is 0 Å². The summed E-state index contributed by atoms with van der Waals surface area (Å²) >= 11 is 0. The van der Waals surface area contributed by atoms with Gasteiger partial charge in [0.15, 0.2) is 0 Å². The average Bonchev–Trinajstić information content (AvgIpc) is 2.64. The molecule has 1 amide bonds. The van der Waals surface area contributed by atoms with Gasteiger partial charge in [0.1, 0.15) is 0 Å². The zero-order valence-corrected chi connectivity index (χ0v) is 10.9. The Hall–Kier alpha value is -0.610. The second-order valence-electron chi connectivity index (χ2n) is 5.26. The van der Waals surface area contributed by atoms with Gasteiger partial charge in [-0.2, -0.15) is 0 Å². The van der Waals surface area contributed by atoms with Crippen molar-refractivity contribution in [3.63, 3.8) is 0 Å². The van der Waals surface area contributed by atoms with E-state index in [2.05, 4.69) is 25.8 Å². The van der Waals surface area contributed by atoms with Gasteiger partial charge in [0.05, 0.1) is 6.04 Å². The van der Waals surface area contributed by atoms with Crippen LogP contribution in [-0.2, 0) is 4.79 Å². The van der Waals surface area contributed by atoms with Gasteiger partial charge in [-0.25, -0.2) is 0 Å². The summed E-state index contributed by atoms with van der Waals surface area (Å²) in [6.45, 7) is 8.96. The lowest BCUT2D eigenvalue weighted by atomic mass is 10.1. The highest BCUT2D eigenvalue weighted by molar-refractivity contribution is 5.81. The zero-order chi connectivity index (χ0) is 12.3. The monoisotopic (exact) mass is 227 g/mol. The summed E-state index contributed by atoms with van der Waals surface area (Å²) in [6.07, 6.45) is 1.11. The van der Waals surface area contributed by atoms with Crippen LogP contribution in [0.5, 0.6) is 0 Å². The third-order valence-corrected chi connectivity index (χ3v) is 3.41. The van der Waals surface area contributed by atoms with E-state index in [1.54, 1.807) is 6.92 Å². The van der Waals surface area contributed by atoms with Crippen molar-refractivity contribution in [2.75, 3.05) is 26.7 Å². The molecule has 0 aliphatic carbocycles. The van der Waals surface area contributed by atoms with Gasteiger partial charge in [-0.1, -0.05) is 0 Å². The molecule has 0 aromatic carbocycles. The molecule has 1 aliphatic heterocycles. The smallest absolute Gasteiger partial charge is 0.239 e. The number of hydrogen-bond donors (Lipinski definition) is 1. The highest BCUT2D eigenvalue weighted by Gasteiger charge is 2.28. The maximum absolute atomic E-state index is 11.7. The van der Waals surface area contributed by atoms with Crippen molar-refractivity contribution < 1.29 is 4.79 Å². The van der Waals surface area contributed by atoms with E-state index in [0.717, 1.165) is 26.1 Å². The predicted octanol–water partition coefficient (Wildman–Crippen LogP) is 0.522. The summed E-state index contributed by atoms with van der Waals surface area (Å²) in [5, 5.41) is 0. The summed E-state index contributed by atoms with van der Waals surface area (Å²) in [7, 11) is 2.14. The van der Waals surface area contributed by atoms with E-state index >= 15 is 0 Å². The van der Waals surface area contributed by atoms with Crippen LogP contribution in [0.2, 0.25) is 0 Å². The number of likely N-dealkylation sites (tertiary alicyclic amines) is 1. The molecule has 1 saturated heterocycles. The van der Waals surface area contributed by atoms with E-state index in [-0.39, 0.29) is 11.9 Å². The summed E-state index contributed by atoms with van der Waals surface area (Å²) in [5.74, 6) is 0.699. The normalized spacial score (nSPS) is 23.2. The highest BCUT2D eigenvalue weighted by atomic mass is 16.2. The van der Waals surface area contributed by atoms with Crippen LogP contribution < -0.4 is 5.73 Å². The maximum atomic E-state index is 11.7. The lowest BCUT2D eigenvalue weighted by Gasteiger charge is -2.25. The molecule has 2 atom stereocenters. The Kier molecular flexibility index (Phi) is 4.74. The summed E-state index contributed by atoms with van der Waals surface area (Å²) in [5.41, 5.74) is 5.61. The van der Waals surface area contributed by atoms with Crippen molar-refractivity contribution in [3.05, 3.63) is 0 Å². The van der Waals surface area contributed by atoms with Crippen LogP contribution in [0.3, 0.4) is 0 Å². The van der Waals surface area contributed by atoms with Gasteiger partial charge < -0.3 is 15.5 Å². The number of rotatable bonds is 4. The van der Waals surface area contributed by atoms with Crippen LogP contribution in [0.15, 0.2) is 0 Å². The van der Waals surface area contributed by atoms with Crippen molar-refractivity contribution in [1.82, 2.24) is 9.80 Å². The van der Waals surface area contributed by atoms with Crippen molar-refractivity contribution >= 4 is 5.91 Å². The van der Waals surface area contributed by atoms with E-state index in [0.29, 0.717) is 12.0 Å². The third-order valence-electron chi connectivity index (χ3n) is 3.41. The fraction of sp³-hybridized carbons (Fsp3) is 0.917. The molecule has 0 saturated carbocycles. The van der Waals surface area contributed by atoms with Crippen LogP contribution in [0, 0.1) is 5.92 Å². The second-order valence-corrected chi connectivity index (χ2v) is 5.26. The molecule has 4 nitrogen and oxygen atoms in total. The van der Waals surface area contributed by atoms with Gasteiger partial charge >= 0.3 is 0 Å². The van der Waals surface area contributed by atoms with Crippen LogP contribution in [0.25, 0.3) is 0 Å². The van der Waals surface area contributed by atoms with Crippen LogP contribution in [-0.4, -0.2) is 54.5 Å². The van der Waals surface area contributed by atoms with Crippen molar-refractivity contribution in [1.29, 1.82) is 0 Å². The van der Waals surface area contributed by atoms with Gasteiger partial charge in [-0.3, -0.25) is 4.79 Å². The van der Waals surface area contributed by atoms with E-state index in [1.807, 2.05) is 4.90 Å². The van der Waals surface area contributed by atoms with Crippen LogP contribution >= 0.6 is 0 Å². The minimum atomic E-state index is -0.360. The second kappa shape index (κ2) is 5.64. The molecule has 0 aromatic rings. The van der Waals surface area contributed by atoms with Gasteiger partial charge in [0, 0.05) is 25.7 Å². The van der Waals surface area contributed by atoms with Crippen molar-refractivity contribution in [3.8, 4) is 0 Å². The minimum Gasteiger partial charge on any atom is -0.341 e. The Morgan fingerprint density at radius 3 is 2.62 bits per heavy atom. The topological polar surface area (TPSA) is 49.6 Å². The molecule has 1 aliphatic rings. The Balaban J connectivity index is 2.38. The van der Waals surface area contributed by atoms with Crippen molar-refractivity contribution in [2.45, 2.75) is 39.3 Å². The molecule has 1 heterocycles. The molecule has 0 spiro atoms. The SMILES string of the molecule is CC(C)N(C)C[C@@H]1CCN(C(=O)[C@H](C)N)C1. The summed E-state index contributed by atoms with van der Waals surface area (Å²) in [4.78, 5) is 15.9. The van der Waals surface area contributed by atoms with E-state index in [9.17, 15) is 4.79 Å². The molecule has 0 bridgehead atoms. The maximum Gasteiger partial charge on any atom is 0.239 e. The lowest BCUT2D eigenvalue weighted by molar-refractivity contribution is -0.131. The van der Waals surface area contributed by atoms with Gasteiger partial charge in [-0.05, 0) is 40.2 Å². The molecule has 94 valence electrons. The molecule has 1 rings (SSSR count). The molecule has 1 fully saturated rings. The number of carbonyl (C=O) groups is 1. The first-order chi connectivity index (χ1) is 7.41. The molecule has 16 heavy (non-hydrogen) atoms.